The molecule has 1 aliphatic heterocycles. The second-order valence-electron chi connectivity index (χ2n) is 7.19. The smallest absolute Gasteiger partial charge is 0.192 e. The maximum Gasteiger partial charge on any atom is 0.192 e. The van der Waals surface area contributed by atoms with Crippen LogP contribution in [0, 0.1) is 6.92 Å². The summed E-state index contributed by atoms with van der Waals surface area (Å²) in [6, 6.07) is 11.2. The predicted molar refractivity (Wildman–Crippen MR) is 128 cm³/mol. The van der Waals surface area contributed by atoms with E-state index in [0.717, 1.165) is 37.2 Å². The highest BCUT2D eigenvalue weighted by Crippen LogP contribution is 2.19. The molecule has 1 aliphatic rings. The second kappa shape index (κ2) is 11.9. The third-order valence-electron chi connectivity index (χ3n) is 5.21. The second-order valence-corrected chi connectivity index (χ2v) is 7.19. The summed E-state index contributed by atoms with van der Waals surface area (Å²) in [7, 11) is 1.96. The number of nitrogens with one attached hydrogen (secondary N) is 2. The van der Waals surface area contributed by atoms with Crippen LogP contribution in [0.4, 0.5) is 0 Å². The summed E-state index contributed by atoms with van der Waals surface area (Å²) >= 11 is 0. The molecule has 0 amide bonds. The zero-order valence-electron chi connectivity index (χ0n) is 17.3. The van der Waals surface area contributed by atoms with Crippen LogP contribution in [0.25, 0.3) is 0 Å². The van der Waals surface area contributed by atoms with Gasteiger partial charge in [0.05, 0.1) is 0 Å². The Hall–Kier alpha value is -1.94. The lowest BCUT2D eigenvalue weighted by atomic mass is 10.2. The van der Waals surface area contributed by atoms with Gasteiger partial charge in [0, 0.05) is 32.7 Å². The molecule has 7 nitrogen and oxygen atoms in total. The molecule has 1 aromatic heterocycles. The van der Waals surface area contributed by atoms with Crippen molar-refractivity contribution >= 4 is 29.9 Å². The van der Waals surface area contributed by atoms with E-state index in [1.165, 1.54) is 18.4 Å². The van der Waals surface area contributed by atoms with Gasteiger partial charge in [-0.05, 0) is 31.9 Å². The maximum absolute atomic E-state index is 4.68. The standard InChI is InChI=1S/C21H31N7.HI/c1-4-12-22-21(24-15-20-26-25-17(2)27(20)3)23-14-19-11-8-13-28(19)16-18-9-6-5-7-10-18;/h4-7,9-10,19H,1,8,11-16H2,2-3H3,(H2,22,23,24);1H. The summed E-state index contributed by atoms with van der Waals surface area (Å²) < 4.78 is 1.97. The zero-order valence-corrected chi connectivity index (χ0v) is 19.7. The fourth-order valence-corrected chi connectivity index (χ4v) is 3.45. The van der Waals surface area contributed by atoms with Crippen molar-refractivity contribution < 1.29 is 0 Å². The molecule has 158 valence electrons. The fourth-order valence-electron chi connectivity index (χ4n) is 3.45. The van der Waals surface area contributed by atoms with Crippen molar-refractivity contribution in [2.45, 2.75) is 38.9 Å². The number of likely N-dealkylation sites (tertiary alicyclic amines) is 1. The van der Waals surface area contributed by atoms with Gasteiger partial charge in [-0.15, -0.1) is 40.8 Å². The van der Waals surface area contributed by atoms with Crippen molar-refractivity contribution in [1.29, 1.82) is 0 Å². The van der Waals surface area contributed by atoms with E-state index < -0.39 is 0 Å². The van der Waals surface area contributed by atoms with Crippen molar-refractivity contribution in [2.75, 3.05) is 19.6 Å². The normalized spacial score (nSPS) is 17.0. The van der Waals surface area contributed by atoms with Gasteiger partial charge < -0.3 is 15.2 Å². The topological polar surface area (TPSA) is 70.4 Å². The first-order valence-corrected chi connectivity index (χ1v) is 9.93. The molecule has 0 spiro atoms. The van der Waals surface area contributed by atoms with E-state index in [9.17, 15) is 0 Å². The molecule has 0 bridgehead atoms. The van der Waals surface area contributed by atoms with Crippen LogP contribution in [0.1, 0.15) is 30.1 Å². The van der Waals surface area contributed by atoms with E-state index in [4.69, 9.17) is 0 Å². The average molecular weight is 509 g/mol. The SMILES string of the molecule is C=CCNC(=NCc1nnc(C)n1C)NCC1CCCN1Cc1ccccc1.I. The first-order valence-electron chi connectivity index (χ1n) is 9.93. The number of guanidine groups is 1. The van der Waals surface area contributed by atoms with Gasteiger partial charge in [0.15, 0.2) is 11.8 Å². The number of rotatable bonds is 8. The van der Waals surface area contributed by atoms with E-state index in [2.05, 4.69) is 67.6 Å². The number of nitrogens with zero attached hydrogens (tertiary/aromatic N) is 5. The highest BCUT2D eigenvalue weighted by molar-refractivity contribution is 14.0. The minimum atomic E-state index is 0. The van der Waals surface area contributed by atoms with Crippen molar-refractivity contribution in [3.8, 4) is 0 Å². The molecule has 8 heteroatoms. The van der Waals surface area contributed by atoms with Crippen molar-refractivity contribution in [3.05, 3.63) is 60.2 Å². The number of hydrogen-bond acceptors (Lipinski definition) is 4. The number of hydrogen-bond donors (Lipinski definition) is 2. The summed E-state index contributed by atoms with van der Waals surface area (Å²) in [6.07, 6.45) is 4.28. The molecule has 2 aromatic rings. The predicted octanol–water partition coefficient (Wildman–Crippen LogP) is 2.63. The van der Waals surface area contributed by atoms with Crippen LogP contribution >= 0.6 is 24.0 Å². The summed E-state index contributed by atoms with van der Waals surface area (Å²) in [5.41, 5.74) is 1.37. The zero-order chi connectivity index (χ0) is 19.8. The minimum absolute atomic E-state index is 0. The molecule has 29 heavy (non-hydrogen) atoms. The molecule has 3 rings (SSSR count). The van der Waals surface area contributed by atoms with Crippen LogP contribution in [0.5, 0.6) is 0 Å². The van der Waals surface area contributed by atoms with E-state index in [1.54, 1.807) is 0 Å². The molecule has 0 saturated carbocycles. The molecule has 0 aliphatic carbocycles. The highest BCUT2D eigenvalue weighted by atomic mass is 127. The fraction of sp³-hybridized carbons (Fsp3) is 0.476. The van der Waals surface area contributed by atoms with E-state index >= 15 is 0 Å². The lowest BCUT2D eigenvalue weighted by molar-refractivity contribution is 0.245. The molecule has 1 unspecified atom stereocenters. The van der Waals surface area contributed by atoms with E-state index in [1.807, 2.05) is 24.6 Å². The quantitative estimate of drug-likeness (QED) is 0.248. The lowest BCUT2D eigenvalue weighted by Crippen LogP contribution is -2.44. The van der Waals surface area contributed by atoms with Crippen LogP contribution in [-0.4, -0.2) is 51.3 Å². The molecular weight excluding hydrogens is 477 g/mol. The summed E-state index contributed by atoms with van der Waals surface area (Å²) in [5, 5.41) is 15.1. The number of aromatic nitrogens is 3. The number of aryl methyl sites for hydroxylation is 1. The van der Waals surface area contributed by atoms with Gasteiger partial charge in [0.1, 0.15) is 12.4 Å². The van der Waals surface area contributed by atoms with Gasteiger partial charge >= 0.3 is 0 Å². The molecule has 1 aromatic carbocycles. The largest absolute Gasteiger partial charge is 0.355 e. The Bertz CT molecular complexity index is 788. The molecule has 1 saturated heterocycles. The van der Waals surface area contributed by atoms with Crippen LogP contribution in [0.15, 0.2) is 48.0 Å². The molecule has 1 fully saturated rings. The van der Waals surface area contributed by atoms with Crippen molar-refractivity contribution in [1.82, 2.24) is 30.3 Å². The first-order chi connectivity index (χ1) is 13.7. The number of halogens is 1. The Balaban J connectivity index is 0.00000300. The Morgan fingerprint density at radius 2 is 2.07 bits per heavy atom. The summed E-state index contributed by atoms with van der Waals surface area (Å²) in [4.78, 5) is 7.24. The van der Waals surface area contributed by atoms with E-state index in [-0.39, 0.29) is 24.0 Å². The van der Waals surface area contributed by atoms with Crippen LogP contribution in [-0.2, 0) is 20.1 Å². The summed E-state index contributed by atoms with van der Waals surface area (Å²) in [5.74, 6) is 2.53. The average Bonchev–Trinajstić information content (AvgIpc) is 3.29. The van der Waals surface area contributed by atoms with Crippen LogP contribution in [0.3, 0.4) is 0 Å². The Morgan fingerprint density at radius 3 is 2.76 bits per heavy atom. The Morgan fingerprint density at radius 1 is 1.28 bits per heavy atom. The van der Waals surface area contributed by atoms with Gasteiger partial charge in [0.25, 0.3) is 0 Å². The van der Waals surface area contributed by atoms with Gasteiger partial charge in [-0.25, -0.2) is 4.99 Å². The summed E-state index contributed by atoms with van der Waals surface area (Å²) in [6.45, 7) is 9.89. The molecular formula is C21H32IN7. The maximum atomic E-state index is 4.68. The first kappa shape index (κ1) is 23.3. The van der Waals surface area contributed by atoms with Gasteiger partial charge in [-0.1, -0.05) is 36.4 Å². The van der Waals surface area contributed by atoms with Gasteiger partial charge in [-0.3, -0.25) is 4.90 Å². The third kappa shape index (κ3) is 6.81. The molecule has 2 N–H and O–H groups in total. The number of aliphatic imine (C=N–C) groups is 1. The van der Waals surface area contributed by atoms with Crippen LogP contribution in [0.2, 0.25) is 0 Å². The molecule has 1 atom stereocenters. The van der Waals surface area contributed by atoms with Gasteiger partial charge in [0.2, 0.25) is 0 Å². The third-order valence-corrected chi connectivity index (χ3v) is 5.21. The van der Waals surface area contributed by atoms with E-state index in [0.29, 0.717) is 19.1 Å². The van der Waals surface area contributed by atoms with Crippen molar-refractivity contribution in [3.63, 3.8) is 0 Å². The molecule has 0 radical (unpaired) electrons. The number of benzene rings is 1. The van der Waals surface area contributed by atoms with Crippen LogP contribution < -0.4 is 10.6 Å². The van der Waals surface area contributed by atoms with Gasteiger partial charge in [-0.2, -0.15) is 0 Å². The lowest BCUT2D eigenvalue weighted by Gasteiger charge is -2.25. The Labute approximate surface area is 190 Å². The highest BCUT2D eigenvalue weighted by Gasteiger charge is 2.24. The minimum Gasteiger partial charge on any atom is -0.355 e. The Kier molecular flexibility index (Phi) is 9.59. The monoisotopic (exact) mass is 509 g/mol. The molecule has 2 heterocycles. The van der Waals surface area contributed by atoms with Crippen molar-refractivity contribution in [2.24, 2.45) is 12.0 Å².